The highest BCUT2D eigenvalue weighted by Gasteiger charge is 2.28. The van der Waals surface area contributed by atoms with Crippen molar-refractivity contribution in [1.82, 2.24) is 39.9 Å². The second-order valence-electron chi connectivity index (χ2n) is 15.9. The number of aryl methyl sites for hydroxylation is 2. The Kier molecular flexibility index (Phi) is 11.6. The Hall–Kier alpha value is -6.80. The summed E-state index contributed by atoms with van der Waals surface area (Å²) in [5.74, 6) is 2.61. The predicted octanol–water partition coefficient (Wildman–Crippen LogP) is 13.2. The second kappa shape index (κ2) is 17.8. The molecule has 3 aromatic heterocycles. The number of nitrogens with one attached hydrogen (secondary N) is 2. The molecule has 0 radical (unpaired) electrons. The SMILES string of the molecule is CCCCC1=C(c2ccccc2)c2nc1nc1[nH]c(nc3nc(nc4[nH]c(n2)c(C)c4-c2ccccc2)C(CCCC)=C3c2ccccc2)c(CCCC)c1-c1ccccc1. The number of nitrogens with zero attached hydrogens (tertiary/aromatic N) is 6. The Labute approximate surface area is 358 Å². The van der Waals surface area contributed by atoms with Gasteiger partial charge < -0.3 is 9.97 Å². The van der Waals surface area contributed by atoms with Crippen molar-refractivity contribution in [2.75, 3.05) is 0 Å². The van der Waals surface area contributed by atoms with Gasteiger partial charge in [-0.2, -0.15) is 0 Å². The van der Waals surface area contributed by atoms with Crippen LogP contribution in [0.3, 0.4) is 0 Å². The van der Waals surface area contributed by atoms with Crippen LogP contribution in [0.1, 0.15) is 118 Å². The fourth-order valence-electron chi connectivity index (χ4n) is 8.63. The van der Waals surface area contributed by atoms with Crippen molar-refractivity contribution in [2.24, 2.45) is 0 Å². The maximum atomic E-state index is 5.55. The van der Waals surface area contributed by atoms with Gasteiger partial charge in [0.05, 0.1) is 0 Å². The number of unbranched alkanes of at least 4 members (excludes halogenated alkanes) is 3. The fourth-order valence-corrected chi connectivity index (χ4v) is 8.63. The Morgan fingerprint density at radius 2 is 0.754 bits per heavy atom. The van der Waals surface area contributed by atoms with E-state index in [9.17, 15) is 0 Å². The van der Waals surface area contributed by atoms with Gasteiger partial charge in [-0.1, -0.05) is 161 Å². The Balaban J connectivity index is 1.48. The van der Waals surface area contributed by atoms with Crippen LogP contribution in [0, 0.1) is 6.92 Å². The van der Waals surface area contributed by atoms with Crippen LogP contribution in [-0.2, 0) is 6.42 Å². The van der Waals surface area contributed by atoms with Gasteiger partial charge in [-0.25, -0.2) is 29.9 Å². The minimum absolute atomic E-state index is 0.631. The number of hydrogen-bond acceptors (Lipinski definition) is 6. The predicted molar refractivity (Wildman–Crippen MR) is 250 cm³/mol. The molecular formula is C53H52N8. The molecule has 61 heavy (non-hydrogen) atoms. The molecule has 5 heterocycles. The van der Waals surface area contributed by atoms with Crippen molar-refractivity contribution in [1.29, 1.82) is 0 Å². The lowest BCUT2D eigenvalue weighted by atomic mass is 9.96. The largest absolute Gasteiger partial charge is 0.324 e. The first-order valence-corrected chi connectivity index (χ1v) is 22.0. The number of aromatic amines is 2. The van der Waals surface area contributed by atoms with Crippen LogP contribution >= 0.6 is 0 Å². The molecular weight excluding hydrogens is 749 g/mol. The number of rotatable bonds is 13. The molecule has 0 spiro atoms. The minimum Gasteiger partial charge on any atom is -0.324 e. The summed E-state index contributed by atoms with van der Waals surface area (Å²) in [7, 11) is 0. The number of aromatic nitrogens is 8. The van der Waals surface area contributed by atoms with Gasteiger partial charge >= 0.3 is 0 Å². The molecule has 8 bridgehead atoms. The van der Waals surface area contributed by atoms with E-state index in [2.05, 4.69) is 153 Å². The van der Waals surface area contributed by atoms with E-state index in [0.29, 0.717) is 34.6 Å². The molecule has 4 aromatic carbocycles. The standard InChI is InChI=1S/C53H52N8/c1-5-8-31-39-43(36-25-17-12-18-26-36)51-55-46-34(4)42(35-23-15-11-16-24-35)50(54-46)56-47-40(32-9-6-2)44(37-27-19-13-20-28-37)52(58-47)60-49-41(33-10-7-3)45(38-29-21-14-22-30-38)53(61-49)59-48(39)57-51/h11-30H,5-10,31-33H2,1-4H3,(H2,54,55,56,57,58,59,60,61). The van der Waals surface area contributed by atoms with Gasteiger partial charge in [0.1, 0.15) is 22.6 Å². The summed E-state index contributed by atoms with van der Waals surface area (Å²) in [6.45, 7) is 8.82. The number of fused-ring (bicyclic) bond motifs is 8. The zero-order valence-electron chi connectivity index (χ0n) is 35.6. The van der Waals surface area contributed by atoms with Crippen LogP contribution in [0.15, 0.2) is 121 Å². The normalized spacial score (nSPS) is 12.7. The fraction of sp³-hybridized carbons (Fsp3) is 0.245. The summed E-state index contributed by atoms with van der Waals surface area (Å²) >= 11 is 0. The van der Waals surface area contributed by atoms with Gasteiger partial charge in [0, 0.05) is 44.5 Å². The highest BCUT2D eigenvalue weighted by molar-refractivity contribution is 6.00. The summed E-state index contributed by atoms with van der Waals surface area (Å²) in [4.78, 5) is 40.3. The average Bonchev–Trinajstić information content (AvgIpc) is 4.02. The zero-order chi connectivity index (χ0) is 41.7. The molecule has 9 rings (SSSR count). The number of benzene rings is 4. The van der Waals surface area contributed by atoms with Gasteiger partial charge in [0.2, 0.25) is 0 Å². The first-order chi connectivity index (χ1) is 30.1. The molecule has 7 aromatic rings. The highest BCUT2D eigenvalue weighted by atomic mass is 15.1. The number of hydrogen-bond donors (Lipinski definition) is 2. The van der Waals surface area contributed by atoms with Crippen LogP contribution < -0.4 is 0 Å². The van der Waals surface area contributed by atoms with E-state index in [1.165, 1.54) is 0 Å². The summed E-state index contributed by atoms with van der Waals surface area (Å²) in [5, 5.41) is 0. The summed E-state index contributed by atoms with van der Waals surface area (Å²) in [5.41, 5.74) is 15.5. The summed E-state index contributed by atoms with van der Waals surface area (Å²) in [6.07, 6.45) is 8.52. The lowest BCUT2D eigenvalue weighted by molar-refractivity contribution is 0.799. The van der Waals surface area contributed by atoms with Crippen molar-refractivity contribution in [2.45, 2.75) is 85.5 Å². The number of H-pyrrole nitrogens is 2. The van der Waals surface area contributed by atoms with Gasteiger partial charge in [-0.3, -0.25) is 0 Å². The molecule has 0 aliphatic carbocycles. The van der Waals surface area contributed by atoms with E-state index in [1.807, 2.05) is 6.07 Å². The van der Waals surface area contributed by atoms with Crippen LogP contribution in [0.5, 0.6) is 0 Å². The van der Waals surface area contributed by atoms with Crippen molar-refractivity contribution < 1.29 is 0 Å². The van der Waals surface area contributed by atoms with E-state index in [1.54, 1.807) is 0 Å². The summed E-state index contributed by atoms with van der Waals surface area (Å²) < 4.78 is 0. The van der Waals surface area contributed by atoms with E-state index < -0.39 is 0 Å². The minimum atomic E-state index is 0.631. The molecule has 0 unspecified atom stereocenters. The molecule has 0 saturated carbocycles. The number of allylic oxidation sites excluding steroid dienone is 2. The third kappa shape index (κ3) is 7.86. The first-order valence-electron chi connectivity index (χ1n) is 22.0. The average molecular weight is 801 g/mol. The monoisotopic (exact) mass is 800 g/mol. The lowest BCUT2D eigenvalue weighted by Gasteiger charge is -2.08. The lowest BCUT2D eigenvalue weighted by Crippen LogP contribution is -1.94. The molecule has 2 aliphatic rings. The smallest absolute Gasteiger partial charge is 0.165 e. The van der Waals surface area contributed by atoms with Crippen molar-refractivity contribution >= 4 is 44.9 Å². The molecule has 0 atom stereocenters. The van der Waals surface area contributed by atoms with Crippen LogP contribution in [0.4, 0.5) is 0 Å². The van der Waals surface area contributed by atoms with E-state index in [4.69, 9.17) is 29.9 Å². The maximum absolute atomic E-state index is 5.55. The molecule has 0 fully saturated rings. The molecule has 0 saturated heterocycles. The van der Waals surface area contributed by atoms with Crippen LogP contribution in [0.25, 0.3) is 67.1 Å². The van der Waals surface area contributed by atoms with Crippen molar-refractivity contribution in [3.8, 4) is 22.3 Å². The molecule has 2 N–H and O–H groups in total. The van der Waals surface area contributed by atoms with E-state index in [0.717, 1.165) is 136 Å². The molecule has 304 valence electrons. The van der Waals surface area contributed by atoms with Gasteiger partial charge in [0.25, 0.3) is 0 Å². The van der Waals surface area contributed by atoms with Gasteiger partial charge in [0.15, 0.2) is 23.3 Å². The first kappa shape index (κ1) is 39.6. The Bertz CT molecular complexity index is 2910. The van der Waals surface area contributed by atoms with E-state index in [-0.39, 0.29) is 0 Å². The Morgan fingerprint density at radius 3 is 1.23 bits per heavy atom. The molecule has 2 aliphatic heterocycles. The third-order valence-electron chi connectivity index (χ3n) is 11.7. The topological polar surface area (TPSA) is 109 Å². The maximum Gasteiger partial charge on any atom is 0.165 e. The molecule has 0 amide bonds. The van der Waals surface area contributed by atoms with Crippen LogP contribution in [-0.4, -0.2) is 39.9 Å². The van der Waals surface area contributed by atoms with Crippen LogP contribution in [0.2, 0.25) is 0 Å². The van der Waals surface area contributed by atoms with Gasteiger partial charge in [-0.15, -0.1) is 0 Å². The van der Waals surface area contributed by atoms with Crippen molar-refractivity contribution in [3.05, 3.63) is 167 Å². The van der Waals surface area contributed by atoms with E-state index >= 15 is 0 Å². The highest BCUT2D eigenvalue weighted by Crippen LogP contribution is 2.41. The zero-order valence-corrected chi connectivity index (χ0v) is 35.6. The quantitative estimate of drug-likeness (QED) is 0.120. The second-order valence-corrected chi connectivity index (χ2v) is 15.9. The Morgan fingerprint density at radius 1 is 0.377 bits per heavy atom. The molecule has 8 nitrogen and oxygen atoms in total. The third-order valence-corrected chi connectivity index (χ3v) is 11.7. The van der Waals surface area contributed by atoms with Gasteiger partial charge in [-0.05, 0) is 67.7 Å². The van der Waals surface area contributed by atoms with Crippen molar-refractivity contribution in [3.63, 3.8) is 0 Å². The molecule has 8 heteroatoms. The summed E-state index contributed by atoms with van der Waals surface area (Å²) in [6, 6.07) is 42.1.